The molecule has 1 atom stereocenters. The summed E-state index contributed by atoms with van der Waals surface area (Å²) in [7, 11) is 0. The average molecular weight is 234 g/mol. The Bertz CT molecular complexity index is 272. The molecule has 96 valence electrons. The first-order valence-corrected chi connectivity index (χ1v) is 6.95. The van der Waals surface area contributed by atoms with Gasteiger partial charge < -0.3 is 5.32 Å². The van der Waals surface area contributed by atoms with Gasteiger partial charge >= 0.3 is 0 Å². The van der Waals surface area contributed by atoms with Crippen molar-refractivity contribution in [2.45, 2.75) is 58.4 Å². The molecule has 0 saturated heterocycles. The Morgan fingerprint density at radius 3 is 2.88 bits per heavy atom. The molecule has 0 radical (unpaired) electrons. The number of unbranched alkanes of at least 4 members (excludes halogenated alkanes) is 3. The summed E-state index contributed by atoms with van der Waals surface area (Å²) in [6.07, 6.45) is 11.6. The van der Waals surface area contributed by atoms with Gasteiger partial charge in [-0.3, -0.25) is 4.98 Å². The van der Waals surface area contributed by atoms with Gasteiger partial charge in [-0.1, -0.05) is 38.7 Å². The van der Waals surface area contributed by atoms with E-state index in [-0.39, 0.29) is 0 Å². The first-order valence-electron chi connectivity index (χ1n) is 6.95. The zero-order valence-corrected chi connectivity index (χ0v) is 11.3. The minimum atomic E-state index is 0.642. The Labute approximate surface area is 106 Å². The van der Waals surface area contributed by atoms with E-state index in [1.54, 1.807) is 0 Å². The van der Waals surface area contributed by atoms with Gasteiger partial charge in [0.25, 0.3) is 0 Å². The van der Waals surface area contributed by atoms with E-state index in [9.17, 15) is 0 Å². The SMILES string of the molecule is CCCCCCC(C)NCCc1cccnc1. The van der Waals surface area contributed by atoms with Crippen LogP contribution in [0.4, 0.5) is 0 Å². The van der Waals surface area contributed by atoms with Gasteiger partial charge in [0.1, 0.15) is 0 Å². The van der Waals surface area contributed by atoms with E-state index < -0.39 is 0 Å². The highest BCUT2D eigenvalue weighted by Gasteiger charge is 2.00. The summed E-state index contributed by atoms with van der Waals surface area (Å²) in [4.78, 5) is 4.12. The Morgan fingerprint density at radius 2 is 2.18 bits per heavy atom. The average Bonchev–Trinajstić information content (AvgIpc) is 2.36. The van der Waals surface area contributed by atoms with Crippen molar-refractivity contribution >= 4 is 0 Å². The molecular formula is C15H26N2. The predicted octanol–water partition coefficient (Wildman–Crippen LogP) is 3.57. The highest BCUT2D eigenvalue weighted by molar-refractivity contribution is 5.08. The third-order valence-corrected chi connectivity index (χ3v) is 3.12. The molecule has 0 saturated carbocycles. The second kappa shape index (κ2) is 9.17. The van der Waals surface area contributed by atoms with Crippen molar-refractivity contribution in [1.29, 1.82) is 0 Å². The maximum Gasteiger partial charge on any atom is 0.0300 e. The van der Waals surface area contributed by atoms with Gasteiger partial charge in [-0.25, -0.2) is 0 Å². The zero-order chi connectivity index (χ0) is 12.3. The molecule has 0 spiro atoms. The summed E-state index contributed by atoms with van der Waals surface area (Å²) in [5, 5.41) is 3.58. The molecule has 0 amide bonds. The summed E-state index contributed by atoms with van der Waals surface area (Å²) in [5.74, 6) is 0. The fourth-order valence-corrected chi connectivity index (χ4v) is 1.99. The van der Waals surface area contributed by atoms with Crippen molar-refractivity contribution in [1.82, 2.24) is 10.3 Å². The topological polar surface area (TPSA) is 24.9 Å². The molecule has 1 aromatic heterocycles. The number of rotatable bonds is 9. The van der Waals surface area contributed by atoms with E-state index in [1.807, 2.05) is 18.5 Å². The minimum absolute atomic E-state index is 0.642. The van der Waals surface area contributed by atoms with E-state index in [4.69, 9.17) is 0 Å². The van der Waals surface area contributed by atoms with Gasteiger partial charge in [-0.05, 0) is 37.9 Å². The molecule has 0 aliphatic carbocycles. The van der Waals surface area contributed by atoms with Gasteiger partial charge in [0.2, 0.25) is 0 Å². The standard InChI is InChI=1S/C15H26N2/c1-3-4-5-6-8-14(2)17-12-10-15-9-7-11-16-13-15/h7,9,11,13-14,17H,3-6,8,10,12H2,1-2H3. The van der Waals surface area contributed by atoms with Crippen LogP contribution in [0.2, 0.25) is 0 Å². The molecular weight excluding hydrogens is 208 g/mol. The number of nitrogens with one attached hydrogen (secondary N) is 1. The Morgan fingerprint density at radius 1 is 1.29 bits per heavy atom. The van der Waals surface area contributed by atoms with Crippen LogP contribution in [0, 0.1) is 0 Å². The molecule has 17 heavy (non-hydrogen) atoms. The van der Waals surface area contributed by atoms with Crippen LogP contribution in [-0.2, 0) is 6.42 Å². The van der Waals surface area contributed by atoms with Gasteiger partial charge in [-0.15, -0.1) is 0 Å². The van der Waals surface area contributed by atoms with Crippen LogP contribution in [0.1, 0.15) is 51.5 Å². The summed E-state index contributed by atoms with van der Waals surface area (Å²) in [5.41, 5.74) is 1.32. The quantitative estimate of drug-likeness (QED) is 0.661. The lowest BCUT2D eigenvalue weighted by Gasteiger charge is -2.13. The lowest BCUT2D eigenvalue weighted by molar-refractivity contribution is 0.486. The normalized spacial score (nSPS) is 12.6. The van der Waals surface area contributed by atoms with Gasteiger partial charge in [0.15, 0.2) is 0 Å². The van der Waals surface area contributed by atoms with Crippen LogP contribution < -0.4 is 5.32 Å². The fourth-order valence-electron chi connectivity index (χ4n) is 1.99. The molecule has 0 bridgehead atoms. The first-order chi connectivity index (χ1) is 8.33. The molecule has 0 aliphatic rings. The Hall–Kier alpha value is -0.890. The van der Waals surface area contributed by atoms with Gasteiger partial charge in [0.05, 0.1) is 0 Å². The number of aromatic nitrogens is 1. The second-order valence-corrected chi connectivity index (χ2v) is 4.82. The van der Waals surface area contributed by atoms with Crippen LogP contribution in [-0.4, -0.2) is 17.6 Å². The first kappa shape index (κ1) is 14.2. The van der Waals surface area contributed by atoms with Crippen LogP contribution >= 0.6 is 0 Å². The Balaban J connectivity index is 2.02. The second-order valence-electron chi connectivity index (χ2n) is 4.82. The fraction of sp³-hybridized carbons (Fsp3) is 0.667. The van der Waals surface area contributed by atoms with Crippen molar-refractivity contribution in [3.8, 4) is 0 Å². The molecule has 0 fully saturated rings. The lowest BCUT2D eigenvalue weighted by Crippen LogP contribution is -2.28. The number of hydrogen-bond acceptors (Lipinski definition) is 2. The molecule has 0 aliphatic heterocycles. The summed E-state index contributed by atoms with van der Waals surface area (Å²) in [6.45, 7) is 5.60. The summed E-state index contributed by atoms with van der Waals surface area (Å²) < 4.78 is 0. The minimum Gasteiger partial charge on any atom is -0.314 e. The molecule has 1 unspecified atom stereocenters. The monoisotopic (exact) mass is 234 g/mol. The van der Waals surface area contributed by atoms with E-state index in [2.05, 4.69) is 30.2 Å². The van der Waals surface area contributed by atoms with Crippen LogP contribution in [0.15, 0.2) is 24.5 Å². The van der Waals surface area contributed by atoms with Crippen LogP contribution in [0.25, 0.3) is 0 Å². The maximum absolute atomic E-state index is 4.12. The van der Waals surface area contributed by atoms with Crippen molar-refractivity contribution in [3.63, 3.8) is 0 Å². The van der Waals surface area contributed by atoms with Crippen molar-refractivity contribution < 1.29 is 0 Å². The zero-order valence-electron chi connectivity index (χ0n) is 11.3. The highest BCUT2D eigenvalue weighted by atomic mass is 14.9. The largest absolute Gasteiger partial charge is 0.314 e. The molecule has 1 aromatic rings. The molecule has 2 heteroatoms. The van der Waals surface area contributed by atoms with Gasteiger partial charge in [-0.2, -0.15) is 0 Å². The summed E-state index contributed by atoms with van der Waals surface area (Å²) >= 11 is 0. The molecule has 1 heterocycles. The number of pyridine rings is 1. The van der Waals surface area contributed by atoms with E-state index in [1.165, 1.54) is 37.7 Å². The smallest absolute Gasteiger partial charge is 0.0300 e. The third-order valence-electron chi connectivity index (χ3n) is 3.12. The molecule has 1 rings (SSSR count). The lowest BCUT2D eigenvalue weighted by atomic mass is 10.1. The van der Waals surface area contributed by atoms with Crippen LogP contribution in [0.3, 0.4) is 0 Å². The predicted molar refractivity (Wildman–Crippen MR) is 74.2 cm³/mol. The molecule has 0 aromatic carbocycles. The number of nitrogens with zero attached hydrogens (tertiary/aromatic N) is 1. The van der Waals surface area contributed by atoms with Gasteiger partial charge in [0, 0.05) is 18.4 Å². The highest BCUT2D eigenvalue weighted by Crippen LogP contribution is 2.05. The Kier molecular flexibility index (Phi) is 7.65. The van der Waals surface area contributed by atoms with E-state index in [0.717, 1.165) is 13.0 Å². The van der Waals surface area contributed by atoms with E-state index in [0.29, 0.717) is 6.04 Å². The van der Waals surface area contributed by atoms with Crippen molar-refractivity contribution in [3.05, 3.63) is 30.1 Å². The molecule has 2 nitrogen and oxygen atoms in total. The molecule has 1 N–H and O–H groups in total. The van der Waals surface area contributed by atoms with Crippen molar-refractivity contribution in [2.75, 3.05) is 6.54 Å². The van der Waals surface area contributed by atoms with Crippen molar-refractivity contribution in [2.24, 2.45) is 0 Å². The summed E-state index contributed by atoms with van der Waals surface area (Å²) in [6, 6.07) is 4.79. The third kappa shape index (κ3) is 7.11. The maximum atomic E-state index is 4.12. The van der Waals surface area contributed by atoms with E-state index >= 15 is 0 Å². The van der Waals surface area contributed by atoms with Crippen LogP contribution in [0.5, 0.6) is 0 Å². The number of hydrogen-bond donors (Lipinski definition) is 1.